The molecule has 1 aromatic carbocycles. The van der Waals surface area contributed by atoms with Crippen LogP contribution in [-0.2, 0) is 17.6 Å². The summed E-state index contributed by atoms with van der Waals surface area (Å²) < 4.78 is 1.70. The second-order valence-corrected chi connectivity index (χ2v) is 9.92. The average molecular weight is 442 g/mol. The van der Waals surface area contributed by atoms with E-state index in [-0.39, 0.29) is 16.7 Å². The zero-order valence-corrected chi connectivity index (χ0v) is 19.3. The van der Waals surface area contributed by atoms with Gasteiger partial charge in [0.2, 0.25) is 5.91 Å². The molecule has 2 heterocycles. The number of aromatic nitrogens is 2. The Kier molecular flexibility index (Phi) is 6.29. The van der Waals surface area contributed by atoms with Gasteiger partial charge in [0.1, 0.15) is 4.83 Å². The van der Waals surface area contributed by atoms with Gasteiger partial charge in [-0.1, -0.05) is 30.0 Å². The van der Waals surface area contributed by atoms with Crippen LogP contribution in [0.5, 0.6) is 0 Å². The molecule has 0 fully saturated rings. The van der Waals surface area contributed by atoms with Crippen LogP contribution in [0.3, 0.4) is 0 Å². The molecule has 5 nitrogen and oxygen atoms in total. The molecular formula is C23H27N3O2S2. The lowest BCUT2D eigenvalue weighted by Crippen LogP contribution is -2.36. The van der Waals surface area contributed by atoms with Crippen LogP contribution in [0.4, 0.5) is 0 Å². The Morgan fingerprint density at radius 3 is 2.60 bits per heavy atom. The number of hydrogen-bond donors (Lipinski definition) is 0. The standard InChI is InChI=1S/C23H27N3O2S2/c1-4-25(5-2)21(27)15(3)29-23-24-20-19(17-13-9-10-14-18(17)30-20)22(28)26(23)16-11-7-6-8-12-16/h6-8,11-12,15H,4-5,9-10,13-14H2,1-3H3. The van der Waals surface area contributed by atoms with E-state index in [1.807, 2.05) is 56.0 Å². The number of nitrogens with zero attached hydrogens (tertiary/aromatic N) is 3. The first-order valence-electron chi connectivity index (χ1n) is 10.6. The van der Waals surface area contributed by atoms with Crippen LogP contribution >= 0.6 is 23.1 Å². The molecule has 0 N–H and O–H groups in total. The van der Waals surface area contributed by atoms with Crippen molar-refractivity contribution in [2.24, 2.45) is 0 Å². The fourth-order valence-electron chi connectivity index (χ4n) is 4.07. The third kappa shape index (κ3) is 3.81. The number of para-hydroxylation sites is 1. The minimum absolute atomic E-state index is 0.0180. The Balaban J connectivity index is 1.86. The topological polar surface area (TPSA) is 55.2 Å². The molecule has 2 aromatic heterocycles. The molecular weight excluding hydrogens is 414 g/mol. The molecule has 0 spiro atoms. The first-order valence-corrected chi connectivity index (χ1v) is 12.3. The van der Waals surface area contributed by atoms with Crippen LogP contribution in [-0.4, -0.2) is 38.7 Å². The Morgan fingerprint density at radius 2 is 1.90 bits per heavy atom. The van der Waals surface area contributed by atoms with Gasteiger partial charge >= 0.3 is 0 Å². The number of rotatable bonds is 6. The summed E-state index contributed by atoms with van der Waals surface area (Å²) in [5.74, 6) is 0.0735. The van der Waals surface area contributed by atoms with Gasteiger partial charge in [0, 0.05) is 18.0 Å². The van der Waals surface area contributed by atoms with Gasteiger partial charge < -0.3 is 4.90 Å². The van der Waals surface area contributed by atoms with Crippen LogP contribution in [0.1, 0.15) is 44.1 Å². The molecule has 1 atom stereocenters. The van der Waals surface area contributed by atoms with Crippen molar-refractivity contribution in [1.82, 2.24) is 14.5 Å². The maximum atomic E-state index is 13.7. The maximum Gasteiger partial charge on any atom is 0.267 e. The first-order chi connectivity index (χ1) is 14.5. The number of fused-ring (bicyclic) bond motifs is 3. The lowest BCUT2D eigenvalue weighted by molar-refractivity contribution is -0.129. The summed E-state index contributed by atoms with van der Waals surface area (Å²) in [6.45, 7) is 7.22. The molecule has 0 saturated heterocycles. The van der Waals surface area contributed by atoms with Crippen molar-refractivity contribution in [3.8, 4) is 5.69 Å². The fraction of sp³-hybridized carbons (Fsp3) is 0.435. The second-order valence-electron chi connectivity index (χ2n) is 7.53. The van der Waals surface area contributed by atoms with Crippen molar-refractivity contribution in [2.45, 2.75) is 56.9 Å². The molecule has 1 aliphatic carbocycles. The third-order valence-corrected chi connectivity index (χ3v) is 7.90. The van der Waals surface area contributed by atoms with Gasteiger partial charge in [0.15, 0.2) is 5.16 Å². The van der Waals surface area contributed by atoms with Gasteiger partial charge in [-0.2, -0.15) is 0 Å². The number of carbonyl (C=O) groups is 1. The van der Waals surface area contributed by atoms with Crippen molar-refractivity contribution in [3.63, 3.8) is 0 Å². The van der Waals surface area contributed by atoms with Crippen molar-refractivity contribution in [3.05, 3.63) is 51.1 Å². The second kappa shape index (κ2) is 8.94. The number of benzene rings is 1. The SMILES string of the molecule is CCN(CC)C(=O)C(C)Sc1nc2sc3c(c2c(=O)n1-c1ccccc1)CCCC3. The van der Waals surface area contributed by atoms with Crippen LogP contribution < -0.4 is 5.56 Å². The van der Waals surface area contributed by atoms with E-state index in [2.05, 4.69) is 0 Å². The molecule has 4 rings (SSSR count). The zero-order chi connectivity index (χ0) is 21.3. The summed E-state index contributed by atoms with van der Waals surface area (Å²) in [5, 5.41) is 1.04. The molecule has 30 heavy (non-hydrogen) atoms. The number of aryl methyl sites for hydroxylation is 2. The number of thiophene rings is 1. The van der Waals surface area contributed by atoms with Crippen molar-refractivity contribution >= 4 is 39.2 Å². The third-order valence-electron chi connectivity index (χ3n) is 5.68. The molecule has 0 radical (unpaired) electrons. The van der Waals surface area contributed by atoms with Crippen LogP contribution in [0.15, 0.2) is 40.3 Å². The maximum absolute atomic E-state index is 13.7. The molecule has 158 valence electrons. The molecule has 1 aliphatic rings. The normalized spacial score (nSPS) is 14.5. The summed E-state index contributed by atoms with van der Waals surface area (Å²) in [6.07, 6.45) is 4.27. The minimum Gasteiger partial charge on any atom is -0.342 e. The molecule has 0 bridgehead atoms. The van der Waals surface area contributed by atoms with Gasteiger partial charge in [0.25, 0.3) is 5.56 Å². The molecule has 0 aliphatic heterocycles. The van der Waals surface area contributed by atoms with Gasteiger partial charge in [-0.05, 0) is 64.2 Å². The number of carbonyl (C=O) groups excluding carboxylic acids is 1. The highest BCUT2D eigenvalue weighted by Crippen LogP contribution is 2.35. The highest BCUT2D eigenvalue weighted by Gasteiger charge is 2.26. The van der Waals surface area contributed by atoms with Crippen LogP contribution in [0, 0.1) is 0 Å². The predicted octanol–water partition coefficient (Wildman–Crippen LogP) is 4.68. The van der Waals surface area contributed by atoms with E-state index in [1.165, 1.54) is 28.6 Å². The van der Waals surface area contributed by atoms with Gasteiger partial charge in [0.05, 0.1) is 16.3 Å². The fourth-order valence-corrected chi connectivity index (χ4v) is 6.38. The molecule has 1 unspecified atom stereocenters. The molecule has 7 heteroatoms. The summed E-state index contributed by atoms with van der Waals surface area (Å²) in [4.78, 5) is 35.4. The highest BCUT2D eigenvalue weighted by molar-refractivity contribution is 8.00. The van der Waals surface area contributed by atoms with Crippen molar-refractivity contribution in [2.75, 3.05) is 13.1 Å². The molecule has 1 amide bonds. The highest BCUT2D eigenvalue weighted by atomic mass is 32.2. The average Bonchev–Trinajstić information content (AvgIpc) is 3.13. The predicted molar refractivity (Wildman–Crippen MR) is 125 cm³/mol. The number of amides is 1. The van der Waals surface area contributed by atoms with Crippen LogP contribution in [0.25, 0.3) is 15.9 Å². The summed E-state index contributed by atoms with van der Waals surface area (Å²) >= 11 is 3.02. The van der Waals surface area contributed by atoms with E-state index in [0.29, 0.717) is 18.2 Å². The quantitative estimate of drug-likeness (QED) is 0.412. The van der Waals surface area contributed by atoms with Gasteiger partial charge in [-0.15, -0.1) is 11.3 Å². The Bertz CT molecular complexity index is 1120. The Morgan fingerprint density at radius 1 is 1.20 bits per heavy atom. The van der Waals surface area contributed by atoms with Gasteiger partial charge in [-0.3, -0.25) is 14.2 Å². The smallest absolute Gasteiger partial charge is 0.267 e. The van der Waals surface area contributed by atoms with Crippen molar-refractivity contribution in [1.29, 1.82) is 0 Å². The van der Waals surface area contributed by atoms with Gasteiger partial charge in [-0.25, -0.2) is 4.98 Å². The molecule has 0 saturated carbocycles. The summed E-state index contributed by atoms with van der Waals surface area (Å²) in [7, 11) is 0. The lowest BCUT2D eigenvalue weighted by Gasteiger charge is -2.23. The monoisotopic (exact) mass is 441 g/mol. The zero-order valence-electron chi connectivity index (χ0n) is 17.7. The summed E-state index contributed by atoms with van der Waals surface area (Å²) in [5.41, 5.74) is 1.96. The van der Waals surface area contributed by atoms with Crippen molar-refractivity contribution < 1.29 is 4.79 Å². The van der Waals surface area contributed by atoms with E-state index in [4.69, 9.17) is 4.98 Å². The summed E-state index contributed by atoms with van der Waals surface area (Å²) in [6, 6.07) is 9.64. The number of hydrogen-bond acceptors (Lipinski definition) is 5. The largest absolute Gasteiger partial charge is 0.342 e. The lowest BCUT2D eigenvalue weighted by atomic mass is 9.97. The van der Waals surface area contributed by atoms with E-state index < -0.39 is 0 Å². The number of thioether (sulfide) groups is 1. The van der Waals surface area contributed by atoms with E-state index in [9.17, 15) is 9.59 Å². The molecule has 3 aromatic rings. The Labute approximate surface area is 185 Å². The Hall–Kier alpha value is -2.12. The first kappa shape index (κ1) is 21.1. The van der Waals surface area contributed by atoms with E-state index >= 15 is 0 Å². The van der Waals surface area contributed by atoms with E-state index in [1.54, 1.807) is 15.9 Å². The van der Waals surface area contributed by atoms with Crippen LogP contribution in [0.2, 0.25) is 0 Å². The minimum atomic E-state index is -0.321. The van der Waals surface area contributed by atoms with E-state index in [0.717, 1.165) is 35.2 Å².